The molecule has 132 valence electrons. The van der Waals surface area contributed by atoms with Gasteiger partial charge < -0.3 is 10.1 Å². The first-order valence-electron chi connectivity index (χ1n) is 8.99. The molecule has 4 nitrogen and oxygen atoms in total. The number of benzene rings is 2. The van der Waals surface area contributed by atoms with Crippen molar-refractivity contribution in [3.8, 4) is 0 Å². The largest absolute Gasteiger partial charge is 0.371 e. The summed E-state index contributed by atoms with van der Waals surface area (Å²) in [5, 5.41) is 2.95. The third kappa shape index (κ3) is 5.69. The van der Waals surface area contributed by atoms with Crippen LogP contribution < -0.4 is 5.32 Å². The molecule has 0 bridgehead atoms. The zero-order chi connectivity index (χ0) is 17.3. The van der Waals surface area contributed by atoms with E-state index in [1.165, 1.54) is 16.7 Å². The Morgan fingerprint density at radius 2 is 1.80 bits per heavy atom. The molecule has 0 aliphatic carbocycles. The van der Waals surface area contributed by atoms with E-state index >= 15 is 0 Å². The van der Waals surface area contributed by atoms with E-state index in [1.807, 2.05) is 18.2 Å². The highest BCUT2D eigenvalue weighted by Gasteiger charge is 2.15. The second-order valence-electron chi connectivity index (χ2n) is 6.43. The van der Waals surface area contributed by atoms with Crippen molar-refractivity contribution in [2.24, 2.45) is 0 Å². The van der Waals surface area contributed by atoms with Gasteiger partial charge in [-0.15, -0.1) is 0 Å². The van der Waals surface area contributed by atoms with Gasteiger partial charge >= 0.3 is 0 Å². The van der Waals surface area contributed by atoms with Crippen LogP contribution in [0.15, 0.2) is 54.6 Å². The fraction of sp³-hybridized carbons (Fsp3) is 0.381. The number of hydrogen-bond donors (Lipinski definition) is 1. The Labute approximate surface area is 149 Å². The van der Waals surface area contributed by atoms with E-state index in [2.05, 4.69) is 46.6 Å². The summed E-state index contributed by atoms with van der Waals surface area (Å²) in [5.41, 5.74) is 4.09. The molecular formula is C21H26N2O2. The van der Waals surface area contributed by atoms with Gasteiger partial charge in [-0.2, -0.15) is 0 Å². The average Bonchev–Trinajstić information content (AvgIpc) is 2.66. The molecular weight excluding hydrogens is 312 g/mol. The van der Waals surface area contributed by atoms with Crippen LogP contribution in [0.2, 0.25) is 0 Å². The summed E-state index contributed by atoms with van der Waals surface area (Å²) in [7, 11) is 0. The van der Waals surface area contributed by atoms with E-state index in [1.54, 1.807) is 0 Å². The van der Waals surface area contributed by atoms with Crippen LogP contribution >= 0.6 is 0 Å². The predicted octanol–water partition coefficient (Wildman–Crippen LogP) is 2.42. The Hall–Kier alpha value is -2.17. The molecule has 4 heteroatoms. The predicted molar refractivity (Wildman–Crippen MR) is 99.4 cm³/mol. The minimum Gasteiger partial charge on any atom is -0.371 e. The molecule has 0 fully saturated rings. The number of hydrogen-bond acceptors (Lipinski definition) is 3. The summed E-state index contributed by atoms with van der Waals surface area (Å²) >= 11 is 0. The highest BCUT2D eigenvalue weighted by atomic mass is 16.5. The first-order chi connectivity index (χ1) is 12.3. The lowest BCUT2D eigenvalue weighted by molar-refractivity contribution is -0.125. The van der Waals surface area contributed by atoms with E-state index in [0.717, 1.165) is 32.5 Å². The highest BCUT2D eigenvalue weighted by Crippen LogP contribution is 2.17. The van der Waals surface area contributed by atoms with Crippen LogP contribution in [0.25, 0.3) is 0 Å². The number of nitrogens with zero attached hydrogens (tertiary/aromatic N) is 1. The smallest absolute Gasteiger partial charge is 0.246 e. The normalized spacial score (nSPS) is 14.1. The molecule has 1 heterocycles. The lowest BCUT2D eigenvalue weighted by Gasteiger charge is -2.28. The standard InChI is InChI=1S/C21H26N2O2/c24-21(17-25-15-11-18-6-2-1-3-7-18)22-12-14-23-13-10-19-8-4-5-9-20(19)16-23/h1-9H,10-17H2,(H,22,24). The van der Waals surface area contributed by atoms with Crippen molar-refractivity contribution >= 4 is 5.91 Å². The van der Waals surface area contributed by atoms with E-state index in [4.69, 9.17) is 4.74 Å². The Balaban J connectivity index is 1.27. The highest BCUT2D eigenvalue weighted by molar-refractivity contribution is 5.77. The summed E-state index contributed by atoms with van der Waals surface area (Å²) in [5.74, 6) is -0.0366. The Morgan fingerprint density at radius 3 is 2.64 bits per heavy atom. The average molecular weight is 338 g/mol. The zero-order valence-corrected chi connectivity index (χ0v) is 14.6. The van der Waals surface area contributed by atoms with Crippen LogP contribution in [0, 0.1) is 0 Å². The first kappa shape index (κ1) is 17.6. The van der Waals surface area contributed by atoms with Crippen molar-refractivity contribution in [3.63, 3.8) is 0 Å². The van der Waals surface area contributed by atoms with Gasteiger partial charge in [0.25, 0.3) is 0 Å². The molecule has 0 aromatic heterocycles. The molecule has 1 aliphatic heterocycles. The molecule has 0 atom stereocenters. The first-order valence-corrected chi connectivity index (χ1v) is 8.99. The van der Waals surface area contributed by atoms with Crippen molar-refractivity contribution < 1.29 is 9.53 Å². The molecule has 25 heavy (non-hydrogen) atoms. The minimum absolute atomic E-state index is 0.0366. The van der Waals surface area contributed by atoms with Gasteiger partial charge in [0.2, 0.25) is 5.91 Å². The third-order valence-electron chi connectivity index (χ3n) is 4.57. The molecule has 0 saturated carbocycles. The number of carbonyl (C=O) groups is 1. The van der Waals surface area contributed by atoms with E-state index < -0.39 is 0 Å². The molecule has 0 spiro atoms. The van der Waals surface area contributed by atoms with Crippen molar-refractivity contribution in [1.82, 2.24) is 10.2 Å². The molecule has 1 amide bonds. The van der Waals surface area contributed by atoms with E-state index in [9.17, 15) is 4.79 Å². The third-order valence-corrected chi connectivity index (χ3v) is 4.57. The topological polar surface area (TPSA) is 41.6 Å². The lowest BCUT2D eigenvalue weighted by atomic mass is 10.00. The lowest BCUT2D eigenvalue weighted by Crippen LogP contribution is -2.38. The maximum Gasteiger partial charge on any atom is 0.246 e. The quantitative estimate of drug-likeness (QED) is 0.752. The maximum atomic E-state index is 11.8. The summed E-state index contributed by atoms with van der Waals surface area (Å²) in [4.78, 5) is 14.2. The second-order valence-corrected chi connectivity index (χ2v) is 6.43. The monoisotopic (exact) mass is 338 g/mol. The van der Waals surface area contributed by atoms with Crippen molar-refractivity contribution in [2.45, 2.75) is 19.4 Å². The van der Waals surface area contributed by atoms with Crippen LogP contribution in [-0.4, -0.2) is 43.7 Å². The molecule has 0 saturated heterocycles. The SMILES string of the molecule is O=C(COCCc1ccccc1)NCCN1CCc2ccccc2C1. The van der Waals surface area contributed by atoms with Gasteiger partial charge in [0, 0.05) is 26.2 Å². The molecule has 2 aromatic carbocycles. The van der Waals surface area contributed by atoms with E-state index in [0.29, 0.717) is 13.2 Å². The molecule has 0 radical (unpaired) electrons. The summed E-state index contributed by atoms with van der Waals surface area (Å²) < 4.78 is 5.46. The molecule has 2 aromatic rings. The molecule has 3 rings (SSSR count). The Bertz CT molecular complexity index is 673. The van der Waals surface area contributed by atoms with Crippen LogP contribution in [0.5, 0.6) is 0 Å². The zero-order valence-electron chi connectivity index (χ0n) is 14.6. The Morgan fingerprint density at radius 1 is 1.04 bits per heavy atom. The van der Waals surface area contributed by atoms with E-state index in [-0.39, 0.29) is 12.5 Å². The summed E-state index contributed by atoms with van der Waals surface area (Å²) in [6.07, 6.45) is 1.92. The fourth-order valence-electron chi connectivity index (χ4n) is 3.15. The number of amides is 1. The van der Waals surface area contributed by atoms with Gasteiger partial charge in [0.05, 0.1) is 6.61 Å². The fourth-order valence-corrected chi connectivity index (χ4v) is 3.15. The summed E-state index contributed by atoms with van der Waals surface area (Å²) in [6, 6.07) is 18.8. The van der Waals surface area contributed by atoms with Crippen molar-refractivity contribution in [1.29, 1.82) is 0 Å². The van der Waals surface area contributed by atoms with Crippen LogP contribution in [0.4, 0.5) is 0 Å². The summed E-state index contributed by atoms with van der Waals surface area (Å²) in [6.45, 7) is 4.28. The number of ether oxygens (including phenoxy) is 1. The second kappa shape index (κ2) is 9.35. The Kier molecular flexibility index (Phi) is 6.60. The minimum atomic E-state index is -0.0366. The van der Waals surface area contributed by atoms with Gasteiger partial charge in [0.1, 0.15) is 6.61 Å². The van der Waals surface area contributed by atoms with Gasteiger partial charge in [0.15, 0.2) is 0 Å². The molecule has 1 N–H and O–H groups in total. The van der Waals surface area contributed by atoms with Crippen LogP contribution in [0.1, 0.15) is 16.7 Å². The van der Waals surface area contributed by atoms with Gasteiger partial charge in [-0.25, -0.2) is 0 Å². The molecule has 0 unspecified atom stereocenters. The molecule has 1 aliphatic rings. The number of nitrogens with one attached hydrogen (secondary N) is 1. The van der Waals surface area contributed by atoms with Gasteiger partial charge in [-0.1, -0.05) is 54.6 Å². The van der Waals surface area contributed by atoms with Gasteiger partial charge in [-0.3, -0.25) is 9.69 Å². The van der Waals surface area contributed by atoms with Crippen LogP contribution in [-0.2, 0) is 28.9 Å². The van der Waals surface area contributed by atoms with Gasteiger partial charge in [-0.05, 0) is 29.5 Å². The van der Waals surface area contributed by atoms with Crippen molar-refractivity contribution in [3.05, 3.63) is 71.3 Å². The van der Waals surface area contributed by atoms with Crippen molar-refractivity contribution in [2.75, 3.05) is 32.8 Å². The number of fused-ring (bicyclic) bond motifs is 1. The maximum absolute atomic E-state index is 11.8. The number of carbonyl (C=O) groups excluding carboxylic acids is 1. The number of rotatable bonds is 8. The van der Waals surface area contributed by atoms with Crippen LogP contribution in [0.3, 0.4) is 0 Å².